The van der Waals surface area contributed by atoms with E-state index in [1.54, 1.807) is 24.5 Å². The van der Waals surface area contributed by atoms with Crippen LogP contribution in [0.5, 0.6) is 0 Å². The van der Waals surface area contributed by atoms with Crippen LogP contribution >= 0.6 is 0 Å². The number of rotatable bonds is 5. The van der Waals surface area contributed by atoms with Gasteiger partial charge in [0.1, 0.15) is 17.4 Å². The van der Waals surface area contributed by atoms with E-state index >= 15 is 0 Å². The Hall–Kier alpha value is -3.00. The third-order valence-electron chi connectivity index (χ3n) is 4.29. The minimum atomic E-state index is -0.404. The number of benzene rings is 1. The van der Waals surface area contributed by atoms with E-state index in [4.69, 9.17) is 4.42 Å². The molecule has 1 fully saturated rings. The second kappa shape index (κ2) is 8.20. The van der Waals surface area contributed by atoms with Crippen LogP contribution in [-0.4, -0.2) is 19.0 Å². The first-order chi connectivity index (χ1) is 12.3. The van der Waals surface area contributed by atoms with Gasteiger partial charge in [0.05, 0.1) is 12.8 Å². The Bertz CT molecular complexity index is 764. The summed E-state index contributed by atoms with van der Waals surface area (Å²) in [6, 6.07) is 13.5. The number of nitrogens with one attached hydrogen (secondary N) is 1. The highest BCUT2D eigenvalue weighted by molar-refractivity contribution is 6.01. The number of amides is 1. The van der Waals surface area contributed by atoms with Gasteiger partial charge < -0.3 is 14.6 Å². The van der Waals surface area contributed by atoms with Crippen LogP contribution in [0.15, 0.2) is 52.7 Å². The van der Waals surface area contributed by atoms with Gasteiger partial charge in [0.15, 0.2) is 0 Å². The van der Waals surface area contributed by atoms with Crippen molar-refractivity contribution in [3.05, 3.63) is 59.6 Å². The van der Waals surface area contributed by atoms with Gasteiger partial charge in [-0.25, -0.2) is 0 Å². The highest BCUT2D eigenvalue weighted by atomic mass is 16.3. The van der Waals surface area contributed by atoms with Crippen LogP contribution in [-0.2, 0) is 11.3 Å². The Kier molecular flexibility index (Phi) is 5.53. The van der Waals surface area contributed by atoms with E-state index in [-0.39, 0.29) is 12.1 Å². The lowest BCUT2D eigenvalue weighted by atomic mass is 10.1. The van der Waals surface area contributed by atoms with Gasteiger partial charge in [0.25, 0.3) is 5.91 Å². The quantitative estimate of drug-likeness (QED) is 0.671. The van der Waals surface area contributed by atoms with Gasteiger partial charge in [0.2, 0.25) is 0 Å². The molecule has 5 heteroatoms. The van der Waals surface area contributed by atoms with Crippen molar-refractivity contribution in [3.63, 3.8) is 0 Å². The van der Waals surface area contributed by atoms with Crippen LogP contribution in [0, 0.1) is 11.3 Å². The molecule has 1 aliphatic rings. The van der Waals surface area contributed by atoms with Gasteiger partial charge in [-0.15, -0.1) is 0 Å². The molecule has 1 saturated heterocycles. The number of hydrogen-bond donors (Lipinski definition) is 1. The monoisotopic (exact) mass is 335 g/mol. The van der Waals surface area contributed by atoms with E-state index in [1.807, 2.05) is 30.3 Å². The lowest BCUT2D eigenvalue weighted by molar-refractivity contribution is -0.117. The zero-order valence-corrected chi connectivity index (χ0v) is 14.1. The van der Waals surface area contributed by atoms with Gasteiger partial charge in [-0.3, -0.25) is 4.79 Å². The standard InChI is InChI=1S/C20H21N3O2/c21-14-17(20(24)22-15-19-5-4-12-25-19)13-16-6-8-18(9-7-16)23-10-2-1-3-11-23/h4-9,12-13H,1-3,10-11,15H2,(H,22,24)/b17-13+. The summed E-state index contributed by atoms with van der Waals surface area (Å²) in [5.41, 5.74) is 2.11. The SMILES string of the molecule is N#C/C(=C\c1ccc(N2CCCCC2)cc1)C(=O)NCc1ccco1. The van der Waals surface area contributed by atoms with Gasteiger partial charge in [0, 0.05) is 18.8 Å². The molecule has 25 heavy (non-hydrogen) atoms. The summed E-state index contributed by atoms with van der Waals surface area (Å²) in [5, 5.41) is 12.0. The molecule has 1 N–H and O–H groups in total. The zero-order chi connectivity index (χ0) is 17.5. The third kappa shape index (κ3) is 4.51. The molecule has 0 saturated carbocycles. The topological polar surface area (TPSA) is 69.3 Å². The molecule has 5 nitrogen and oxygen atoms in total. The van der Waals surface area contributed by atoms with Crippen LogP contribution < -0.4 is 10.2 Å². The molecule has 0 unspecified atom stereocenters. The lowest BCUT2D eigenvalue weighted by Crippen LogP contribution is -2.29. The van der Waals surface area contributed by atoms with Crippen LogP contribution in [0.2, 0.25) is 0 Å². The predicted octanol–water partition coefficient (Wildman–Crippen LogP) is 3.49. The number of furan rings is 1. The fraction of sp³-hybridized carbons (Fsp3) is 0.300. The molecule has 1 aromatic heterocycles. The molecule has 128 valence electrons. The average molecular weight is 335 g/mol. The summed E-state index contributed by atoms with van der Waals surface area (Å²) >= 11 is 0. The maximum absolute atomic E-state index is 12.1. The van der Waals surface area contributed by atoms with Crippen LogP contribution in [0.4, 0.5) is 5.69 Å². The lowest BCUT2D eigenvalue weighted by Gasteiger charge is -2.28. The van der Waals surface area contributed by atoms with Gasteiger partial charge >= 0.3 is 0 Å². The molecule has 0 atom stereocenters. The van der Waals surface area contributed by atoms with Crippen molar-refractivity contribution in [2.75, 3.05) is 18.0 Å². The molecule has 0 spiro atoms. The molecular formula is C20H21N3O2. The first-order valence-electron chi connectivity index (χ1n) is 8.53. The summed E-state index contributed by atoms with van der Waals surface area (Å²) in [6.45, 7) is 2.44. The number of nitrogens with zero attached hydrogens (tertiary/aromatic N) is 2. The molecule has 1 aliphatic heterocycles. The number of carbonyl (C=O) groups excluding carboxylic acids is 1. The van der Waals surface area contributed by atoms with Crippen molar-refractivity contribution < 1.29 is 9.21 Å². The normalized spacial score (nSPS) is 14.8. The van der Waals surface area contributed by atoms with Crippen LogP contribution in [0.25, 0.3) is 6.08 Å². The molecule has 0 aliphatic carbocycles. The number of nitriles is 1. The van der Waals surface area contributed by atoms with Crippen LogP contribution in [0.1, 0.15) is 30.6 Å². The second-order valence-corrected chi connectivity index (χ2v) is 6.07. The minimum absolute atomic E-state index is 0.0808. The summed E-state index contributed by atoms with van der Waals surface area (Å²) in [7, 11) is 0. The van der Waals surface area contributed by atoms with Crippen molar-refractivity contribution in [2.24, 2.45) is 0 Å². The smallest absolute Gasteiger partial charge is 0.262 e. The van der Waals surface area contributed by atoms with E-state index in [0.29, 0.717) is 5.76 Å². The van der Waals surface area contributed by atoms with E-state index in [0.717, 1.165) is 18.7 Å². The Balaban J connectivity index is 1.64. The Morgan fingerprint density at radius 2 is 1.96 bits per heavy atom. The Labute approximate surface area is 147 Å². The highest BCUT2D eigenvalue weighted by Gasteiger charge is 2.12. The fourth-order valence-corrected chi connectivity index (χ4v) is 2.92. The van der Waals surface area contributed by atoms with Crippen LogP contribution in [0.3, 0.4) is 0 Å². The van der Waals surface area contributed by atoms with E-state index in [9.17, 15) is 10.1 Å². The van der Waals surface area contributed by atoms with E-state index in [2.05, 4.69) is 10.2 Å². The molecule has 2 aromatic rings. The van der Waals surface area contributed by atoms with Crippen molar-refractivity contribution >= 4 is 17.7 Å². The van der Waals surface area contributed by atoms with Crippen molar-refractivity contribution in [2.45, 2.75) is 25.8 Å². The maximum atomic E-state index is 12.1. The summed E-state index contributed by atoms with van der Waals surface area (Å²) in [6.07, 6.45) is 6.92. The summed E-state index contributed by atoms with van der Waals surface area (Å²) in [5.74, 6) is 0.246. The van der Waals surface area contributed by atoms with Crippen molar-refractivity contribution in [3.8, 4) is 6.07 Å². The molecule has 1 amide bonds. The molecule has 2 heterocycles. The number of anilines is 1. The first kappa shape index (κ1) is 16.8. The summed E-state index contributed by atoms with van der Waals surface area (Å²) in [4.78, 5) is 14.5. The molecule has 1 aromatic carbocycles. The largest absolute Gasteiger partial charge is 0.467 e. The Morgan fingerprint density at radius 1 is 1.20 bits per heavy atom. The van der Waals surface area contributed by atoms with Crippen molar-refractivity contribution in [1.82, 2.24) is 5.32 Å². The fourth-order valence-electron chi connectivity index (χ4n) is 2.92. The minimum Gasteiger partial charge on any atom is -0.467 e. The molecular weight excluding hydrogens is 314 g/mol. The van der Waals surface area contributed by atoms with Gasteiger partial charge in [-0.1, -0.05) is 12.1 Å². The number of carbonyl (C=O) groups is 1. The zero-order valence-electron chi connectivity index (χ0n) is 14.1. The third-order valence-corrected chi connectivity index (χ3v) is 4.29. The number of piperidine rings is 1. The maximum Gasteiger partial charge on any atom is 0.262 e. The highest BCUT2D eigenvalue weighted by Crippen LogP contribution is 2.21. The van der Waals surface area contributed by atoms with E-state index in [1.165, 1.54) is 24.9 Å². The second-order valence-electron chi connectivity index (χ2n) is 6.07. The average Bonchev–Trinajstić information content (AvgIpc) is 3.19. The molecule has 3 rings (SSSR count). The molecule has 0 radical (unpaired) electrons. The van der Waals surface area contributed by atoms with E-state index < -0.39 is 5.91 Å². The number of hydrogen-bond acceptors (Lipinski definition) is 4. The van der Waals surface area contributed by atoms with Gasteiger partial charge in [-0.05, 0) is 55.2 Å². The van der Waals surface area contributed by atoms with Gasteiger partial charge in [-0.2, -0.15) is 5.26 Å². The summed E-state index contributed by atoms with van der Waals surface area (Å²) < 4.78 is 5.16. The Morgan fingerprint density at radius 3 is 2.60 bits per heavy atom. The predicted molar refractivity (Wildman–Crippen MR) is 96.7 cm³/mol. The first-order valence-corrected chi connectivity index (χ1v) is 8.53. The molecule has 0 bridgehead atoms. The van der Waals surface area contributed by atoms with Crippen molar-refractivity contribution in [1.29, 1.82) is 5.26 Å².